The summed E-state index contributed by atoms with van der Waals surface area (Å²) < 4.78 is 10.3. The van der Waals surface area contributed by atoms with E-state index in [0.717, 1.165) is 31.5 Å². The molecule has 8 nitrogen and oxygen atoms in total. The summed E-state index contributed by atoms with van der Waals surface area (Å²) in [5.74, 6) is 1.98. The lowest BCUT2D eigenvalue weighted by atomic mass is 10.1. The van der Waals surface area contributed by atoms with Gasteiger partial charge in [0.25, 0.3) is 5.91 Å². The van der Waals surface area contributed by atoms with Crippen molar-refractivity contribution >= 4 is 11.7 Å². The fraction of sp³-hybridized carbons (Fsp3) is 0.556. The standard InChI is InChI=1S/C18H25N5O3/c1-12(2)10-23-8-4-5-14(23)18-21-17(22-26-18)13-6-7-15(19-9-13)20-16(24)11-25-3/h6-7,9,12,14H,4-5,8,10-11H2,1-3H3,(H,19,20,24)/t14-/m0/s1. The van der Waals surface area contributed by atoms with E-state index in [0.29, 0.717) is 23.5 Å². The Hall–Kier alpha value is -2.32. The number of nitrogens with zero attached hydrogens (tertiary/aromatic N) is 4. The van der Waals surface area contributed by atoms with Gasteiger partial charge in [0.15, 0.2) is 0 Å². The van der Waals surface area contributed by atoms with Gasteiger partial charge in [0.2, 0.25) is 11.7 Å². The third-order valence-electron chi connectivity index (χ3n) is 4.25. The normalized spacial score (nSPS) is 17.8. The van der Waals surface area contributed by atoms with Crippen LogP contribution >= 0.6 is 0 Å². The second-order valence-corrected chi connectivity index (χ2v) is 6.92. The summed E-state index contributed by atoms with van der Waals surface area (Å²) in [4.78, 5) is 22.7. The van der Waals surface area contributed by atoms with Crippen molar-refractivity contribution in [1.29, 1.82) is 0 Å². The number of ether oxygens (including phenoxy) is 1. The molecule has 1 N–H and O–H groups in total. The highest BCUT2D eigenvalue weighted by molar-refractivity contribution is 5.90. The molecule has 3 heterocycles. The van der Waals surface area contributed by atoms with E-state index >= 15 is 0 Å². The fourth-order valence-corrected chi connectivity index (χ4v) is 3.19. The van der Waals surface area contributed by atoms with Gasteiger partial charge in [-0.2, -0.15) is 4.98 Å². The minimum atomic E-state index is -0.249. The van der Waals surface area contributed by atoms with Crippen LogP contribution in [0.4, 0.5) is 5.82 Å². The monoisotopic (exact) mass is 359 g/mol. The Morgan fingerprint density at radius 3 is 3.00 bits per heavy atom. The van der Waals surface area contributed by atoms with Crippen LogP contribution in [0.1, 0.15) is 38.6 Å². The van der Waals surface area contributed by atoms with Crippen LogP contribution in [0.5, 0.6) is 0 Å². The molecule has 2 aromatic heterocycles. The number of nitrogens with one attached hydrogen (secondary N) is 1. The van der Waals surface area contributed by atoms with E-state index in [-0.39, 0.29) is 18.6 Å². The maximum absolute atomic E-state index is 11.5. The van der Waals surface area contributed by atoms with Gasteiger partial charge in [0.05, 0.1) is 6.04 Å². The molecule has 0 aromatic carbocycles. The van der Waals surface area contributed by atoms with Crippen molar-refractivity contribution in [3.05, 3.63) is 24.2 Å². The maximum atomic E-state index is 11.5. The maximum Gasteiger partial charge on any atom is 0.251 e. The van der Waals surface area contributed by atoms with E-state index in [2.05, 4.69) is 39.2 Å². The fourth-order valence-electron chi connectivity index (χ4n) is 3.19. The zero-order chi connectivity index (χ0) is 18.5. The van der Waals surface area contributed by atoms with Crippen molar-refractivity contribution in [1.82, 2.24) is 20.0 Å². The number of rotatable bonds is 7. The molecule has 1 aliphatic heterocycles. The summed E-state index contributed by atoms with van der Waals surface area (Å²) in [6.45, 7) is 6.52. The van der Waals surface area contributed by atoms with Crippen LogP contribution in [0.15, 0.2) is 22.9 Å². The lowest BCUT2D eigenvalue weighted by Gasteiger charge is -2.23. The van der Waals surface area contributed by atoms with Crippen molar-refractivity contribution in [3.8, 4) is 11.4 Å². The Morgan fingerprint density at radius 1 is 1.46 bits per heavy atom. The molecule has 1 atom stereocenters. The molecule has 0 aliphatic carbocycles. The molecular formula is C18H25N5O3. The van der Waals surface area contributed by atoms with Crippen LogP contribution in [-0.2, 0) is 9.53 Å². The smallest absolute Gasteiger partial charge is 0.251 e. The molecular weight excluding hydrogens is 334 g/mol. The second-order valence-electron chi connectivity index (χ2n) is 6.92. The summed E-state index contributed by atoms with van der Waals surface area (Å²) in [7, 11) is 1.47. The number of pyridine rings is 1. The molecule has 1 saturated heterocycles. The van der Waals surface area contributed by atoms with Gasteiger partial charge >= 0.3 is 0 Å². The van der Waals surface area contributed by atoms with Gasteiger partial charge < -0.3 is 14.6 Å². The Labute approximate surface area is 152 Å². The zero-order valence-corrected chi connectivity index (χ0v) is 15.4. The number of carbonyl (C=O) groups excluding carboxylic acids is 1. The predicted molar refractivity (Wildman–Crippen MR) is 96.4 cm³/mol. The van der Waals surface area contributed by atoms with Gasteiger partial charge in [-0.1, -0.05) is 19.0 Å². The van der Waals surface area contributed by atoms with Gasteiger partial charge in [-0.15, -0.1) is 0 Å². The van der Waals surface area contributed by atoms with Gasteiger partial charge in [-0.3, -0.25) is 9.69 Å². The zero-order valence-electron chi connectivity index (χ0n) is 15.4. The molecule has 0 radical (unpaired) electrons. The number of carbonyl (C=O) groups is 1. The van der Waals surface area contributed by atoms with E-state index in [4.69, 9.17) is 9.26 Å². The van der Waals surface area contributed by atoms with E-state index < -0.39 is 0 Å². The van der Waals surface area contributed by atoms with Gasteiger partial charge in [-0.25, -0.2) is 4.98 Å². The average molecular weight is 359 g/mol. The van der Waals surface area contributed by atoms with Gasteiger partial charge in [0, 0.05) is 25.4 Å². The molecule has 0 saturated carbocycles. The van der Waals surface area contributed by atoms with Gasteiger partial charge in [0.1, 0.15) is 12.4 Å². The highest BCUT2D eigenvalue weighted by Gasteiger charge is 2.31. The van der Waals surface area contributed by atoms with Crippen molar-refractivity contribution < 1.29 is 14.1 Å². The molecule has 0 bridgehead atoms. The lowest BCUT2D eigenvalue weighted by molar-refractivity contribution is -0.119. The number of likely N-dealkylation sites (tertiary alicyclic amines) is 1. The van der Waals surface area contributed by atoms with Crippen LogP contribution in [0.25, 0.3) is 11.4 Å². The van der Waals surface area contributed by atoms with Crippen molar-refractivity contribution in [2.24, 2.45) is 5.92 Å². The topological polar surface area (TPSA) is 93.4 Å². The number of hydrogen-bond donors (Lipinski definition) is 1. The summed E-state index contributed by atoms with van der Waals surface area (Å²) in [5.41, 5.74) is 0.748. The molecule has 140 valence electrons. The molecule has 1 amide bonds. The largest absolute Gasteiger partial charge is 0.375 e. The van der Waals surface area contributed by atoms with Crippen LogP contribution in [0, 0.1) is 5.92 Å². The van der Waals surface area contributed by atoms with E-state index in [1.165, 1.54) is 7.11 Å². The Bertz CT molecular complexity index is 729. The quantitative estimate of drug-likeness (QED) is 0.812. The molecule has 3 rings (SSSR count). The molecule has 8 heteroatoms. The first-order valence-electron chi connectivity index (χ1n) is 8.89. The minimum Gasteiger partial charge on any atom is -0.375 e. The number of anilines is 1. The van der Waals surface area contributed by atoms with Crippen molar-refractivity contribution in [2.45, 2.75) is 32.7 Å². The van der Waals surface area contributed by atoms with Crippen LogP contribution in [0.2, 0.25) is 0 Å². The Balaban J connectivity index is 1.68. The summed E-state index contributed by atoms with van der Waals surface area (Å²) in [6, 6.07) is 3.71. The second kappa shape index (κ2) is 8.37. The van der Waals surface area contributed by atoms with Crippen LogP contribution in [-0.4, -0.2) is 52.7 Å². The number of methoxy groups -OCH3 is 1. The first-order valence-corrected chi connectivity index (χ1v) is 8.89. The molecule has 2 aromatic rings. The lowest BCUT2D eigenvalue weighted by Crippen LogP contribution is -2.27. The van der Waals surface area contributed by atoms with Gasteiger partial charge in [-0.05, 0) is 37.4 Å². The predicted octanol–water partition coefficient (Wildman–Crippen LogP) is 2.51. The molecule has 1 fully saturated rings. The highest BCUT2D eigenvalue weighted by atomic mass is 16.5. The Morgan fingerprint density at radius 2 is 2.31 bits per heavy atom. The average Bonchev–Trinajstić information content (AvgIpc) is 3.24. The first-order chi connectivity index (χ1) is 12.6. The highest BCUT2D eigenvalue weighted by Crippen LogP contribution is 2.32. The molecule has 0 spiro atoms. The van der Waals surface area contributed by atoms with E-state index in [1.54, 1.807) is 12.3 Å². The van der Waals surface area contributed by atoms with Crippen LogP contribution < -0.4 is 5.32 Å². The third kappa shape index (κ3) is 4.44. The molecule has 26 heavy (non-hydrogen) atoms. The Kier molecular flexibility index (Phi) is 5.95. The van der Waals surface area contributed by atoms with E-state index in [1.807, 2.05) is 6.07 Å². The van der Waals surface area contributed by atoms with E-state index in [9.17, 15) is 4.79 Å². The number of hydrogen-bond acceptors (Lipinski definition) is 7. The van der Waals surface area contributed by atoms with Crippen molar-refractivity contribution in [3.63, 3.8) is 0 Å². The first kappa shape index (κ1) is 18.5. The number of amides is 1. The summed E-state index contributed by atoms with van der Waals surface area (Å²) >= 11 is 0. The van der Waals surface area contributed by atoms with Crippen molar-refractivity contribution in [2.75, 3.05) is 32.1 Å². The third-order valence-corrected chi connectivity index (χ3v) is 4.25. The minimum absolute atomic E-state index is 0.00804. The summed E-state index contributed by atoms with van der Waals surface area (Å²) in [5, 5.41) is 6.75. The van der Waals surface area contributed by atoms with Crippen LogP contribution in [0.3, 0.4) is 0 Å². The molecule has 1 aliphatic rings. The number of aromatic nitrogens is 3. The SMILES string of the molecule is COCC(=O)Nc1ccc(-c2noc([C@@H]3CCCN3CC(C)C)n2)cn1. The molecule has 0 unspecified atom stereocenters. The summed E-state index contributed by atoms with van der Waals surface area (Å²) in [6.07, 6.45) is 3.81.